The SMILES string of the molecule is CCOC(=O)C1=NOC2(N3CCCC3)CCN(C(C)=O)C(c3ccccc3)C12. The Labute approximate surface area is 165 Å². The molecule has 2 fully saturated rings. The third kappa shape index (κ3) is 2.98. The van der Waals surface area contributed by atoms with Crippen LogP contribution in [0.4, 0.5) is 0 Å². The highest BCUT2D eigenvalue weighted by molar-refractivity contribution is 6.38. The standard InChI is InChI=1S/C21H27N3O4/c1-3-27-20(26)18-17-19(16-9-5-4-6-10-16)24(15(2)25)14-11-21(17,28-22-18)23-12-7-8-13-23/h4-6,9-10,17,19H,3,7-8,11-14H2,1-2H3. The second-order valence-electron chi connectivity index (χ2n) is 7.62. The molecule has 28 heavy (non-hydrogen) atoms. The van der Waals surface area contributed by atoms with E-state index in [-0.39, 0.29) is 30.2 Å². The maximum absolute atomic E-state index is 12.8. The Hall–Kier alpha value is -2.41. The first-order valence-corrected chi connectivity index (χ1v) is 10.1. The zero-order valence-electron chi connectivity index (χ0n) is 16.5. The average Bonchev–Trinajstić information content (AvgIpc) is 3.36. The van der Waals surface area contributed by atoms with Crippen LogP contribution < -0.4 is 0 Å². The van der Waals surface area contributed by atoms with Crippen molar-refractivity contribution in [2.24, 2.45) is 11.1 Å². The van der Waals surface area contributed by atoms with E-state index in [0.29, 0.717) is 13.0 Å². The molecule has 0 N–H and O–H groups in total. The normalized spacial score (nSPS) is 29.8. The number of oxime groups is 1. The van der Waals surface area contributed by atoms with E-state index in [2.05, 4.69) is 10.1 Å². The Bertz CT molecular complexity index is 775. The number of amides is 1. The molecular formula is C21H27N3O4. The summed E-state index contributed by atoms with van der Waals surface area (Å²) in [6, 6.07) is 9.54. The van der Waals surface area contributed by atoms with E-state index in [1.54, 1.807) is 13.8 Å². The molecule has 4 rings (SSSR count). The van der Waals surface area contributed by atoms with Crippen LogP contribution in [0.2, 0.25) is 0 Å². The monoisotopic (exact) mass is 385 g/mol. The van der Waals surface area contributed by atoms with Crippen LogP contribution in [0, 0.1) is 5.92 Å². The summed E-state index contributed by atoms with van der Waals surface area (Å²) in [6.07, 6.45) is 2.81. The minimum absolute atomic E-state index is 0.0148. The maximum Gasteiger partial charge on any atom is 0.356 e. The summed E-state index contributed by atoms with van der Waals surface area (Å²) in [7, 11) is 0. The fraction of sp³-hybridized carbons (Fsp3) is 0.571. The molecule has 0 bridgehead atoms. The van der Waals surface area contributed by atoms with Gasteiger partial charge in [-0.1, -0.05) is 35.5 Å². The summed E-state index contributed by atoms with van der Waals surface area (Å²) in [4.78, 5) is 35.5. The van der Waals surface area contributed by atoms with Gasteiger partial charge in [0, 0.05) is 33.0 Å². The molecular weight excluding hydrogens is 358 g/mol. The number of hydrogen-bond donors (Lipinski definition) is 0. The van der Waals surface area contributed by atoms with Gasteiger partial charge in [0.1, 0.15) is 0 Å². The predicted octanol–water partition coefficient (Wildman–Crippen LogP) is 2.34. The van der Waals surface area contributed by atoms with E-state index >= 15 is 0 Å². The molecule has 0 saturated carbocycles. The van der Waals surface area contributed by atoms with Crippen molar-refractivity contribution in [1.82, 2.24) is 9.80 Å². The van der Waals surface area contributed by atoms with Gasteiger partial charge in [0.05, 0.1) is 18.6 Å². The van der Waals surface area contributed by atoms with Crippen molar-refractivity contribution in [1.29, 1.82) is 0 Å². The Morgan fingerprint density at radius 1 is 1.21 bits per heavy atom. The van der Waals surface area contributed by atoms with Gasteiger partial charge in [0.25, 0.3) is 0 Å². The fourth-order valence-electron chi connectivity index (χ4n) is 4.91. The largest absolute Gasteiger partial charge is 0.461 e. The molecule has 0 aromatic heterocycles. The van der Waals surface area contributed by atoms with Crippen LogP contribution in [0.3, 0.4) is 0 Å². The molecule has 1 aromatic carbocycles. The van der Waals surface area contributed by atoms with Gasteiger partial charge in [0.2, 0.25) is 11.6 Å². The lowest BCUT2D eigenvalue weighted by atomic mass is 9.75. The molecule has 0 spiro atoms. The lowest BCUT2D eigenvalue weighted by Crippen LogP contribution is -2.63. The number of benzene rings is 1. The third-order valence-corrected chi connectivity index (χ3v) is 6.12. The van der Waals surface area contributed by atoms with Gasteiger partial charge in [-0.3, -0.25) is 9.69 Å². The van der Waals surface area contributed by atoms with Crippen molar-refractivity contribution in [3.63, 3.8) is 0 Å². The summed E-state index contributed by atoms with van der Waals surface area (Å²) in [5.74, 6) is -0.858. The number of piperidine rings is 1. The summed E-state index contributed by atoms with van der Waals surface area (Å²) in [5.41, 5.74) is 0.562. The number of ether oxygens (including phenoxy) is 1. The summed E-state index contributed by atoms with van der Waals surface area (Å²) in [5, 5.41) is 4.25. The van der Waals surface area contributed by atoms with Crippen LogP contribution >= 0.6 is 0 Å². The van der Waals surface area contributed by atoms with Gasteiger partial charge in [0.15, 0.2) is 5.71 Å². The van der Waals surface area contributed by atoms with E-state index in [9.17, 15) is 9.59 Å². The Morgan fingerprint density at radius 2 is 1.93 bits per heavy atom. The number of fused-ring (bicyclic) bond motifs is 1. The number of carbonyl (C=O) groups is 2. The first kappa shape index (κ1) is 18.9. The first-order chi connectivity index (χ1) is 13.6. The Balaban J connectivity index is 1.82. The van der Waals surface area contributed by atoms with Crippen LogP contribution in [-0.4, -0.2) is 59.4 Å². The van der Waals surface area contributed by atoms with Crippen LogP contribution in [0.5, 0.6) is 0 Å². The molecule has 3 aliphatic rings. The molecule has 7 nitrogen and oxygen atoms in total. The molecule has 150 valence electrons. The molecule has 0 aliphatic carbocycles. The Kier molecular flexibility index (Phi) is 5.10. The van der Waals surface area contributed by atoms with E-state index in [1.807, 2.05) is 35.2 Å². The molecule has 7 heteroatoms. The number of carbonyl (C=O) groups excluding carboxylic acids is 2. The number of likely N-dealkylation sites (tertiary alicyclic amines) is 2. The van der Waals surface area contributed by atoms with E-state index in [0.717, 1.165) is 31.5 Å². The van der Waals surface area contributed by atoms with Crippen LogP contribution in [0.15, 0.2) is 35.5 Å². The molecule has 2 saturated heterocycles. The highest BCUT2D eigenvalue weighted by Gasteiger charge is 2.62. The predicted molar refractivity (Wildman–Crippen MR) is 103 cm³/mol. The lowest BCUT2D eigenvalue weighted by molar-refractivity contribution is -0.193. The smallest absolute Gasteiger partial charge is 0.356 e. The molecule has 3 atom stereocenters. The maximum atomic E-state index is 12.8. The van der Waals surface area contributed by atoms with Gasteiger partial charge in [-0.2, -0.15) is 0 Å². The Morgan fingerprint density at radius 3 is 2.57 bits per heavy atom. The summed E-state index contributed by atoms with van der Waals surface area (Å²) >= 11 is 0. The summed E-state index contributed by atoms with van der Waals surface area (Å²) in [6.45, 7) is 6.00. The van der Waals surface area contributed by atoms with Gasteiger partial charge in [-0.15, -0.1) is 0 Å². The molecule has 0 radical (unpaired) electrons. The van der Waals surface area contributed by atoms with E-state index < -0.39 is 11.7 Å². The molecule has 3 unspecified atom stereocenters. The van der Waals surface area contributed by atoms with Crippen molar-refractivity contribution in [3.05, 3.63) is 35.9 Å². The van der Waals surface area contributed by atoms with Gasteiger partial charge >= 0.3 is 5.97 Å². The average molecular weight is 385 g/mol. The second-order valence-corrected chi connectivity index (χ2v) is 7.62. The topological polar surface area (TPSA) is 71.4 Å². The second kappa shape index (κ2) is 7.54. The van der Waals surface area contributed by atoms with Gasteiger partial charge in [-0.05, 0) is 25.3 Å². The van der Waals surface area contributed by atoms with Crippen LogP contribution in [-0.2, 0) is 19.2 Å². The van der Waals surface area contributed by atoms with Gasteiger partial charge in [-0.25, -0.2) is 4.79 Å². The number of rotatable bonds is 4. The highest BCUT2D eigenvalue weighted by atomic mass is 16.7. The van der Waals surface area contributed by atoms with Crippen molar-refractivity contribution in [2.75, 3.05) is 26.2 Å². The minimum Gasteiger partial charge on any atom is -0.461 e. The van der Waals surface area contributed by atoms with Crippen molar-refractivity contribution >= 4 is 17.6 Å². The molecule has 3 aliphatic heterocycles. The lowest BCUT2D eigenvalue weighted by Gasteiger charge is -2.50. The zero-order chi connectivity index (χ0) is 19.7. The highest BCUT2D eigenvalue weighted by Crippen LogP contribution is 2.50. The number of esters is 1. The third-order valence-electron chi connectivity index (χ3n) is 6.12. The van der Waals surface area contributed by atoms with E-state index in [1.165, 1.54) is 0 Å². The molecule has 1 aromatic rings. The van der Waals surface area contributed by atoms with Crippen LogP contribution in [0.1, 0.15) is 44.7 Å². The van der Waals surface area contributed by atoms with Crippen molar-refractivity contribution < 1.29 is 19.2 Å². The zero-order valence-corrected chi connectivity index (χ0v) is 16.5. The van der Waals surface area contributed by atoms with Gasteiger partial charge < -0.3 is 14.5 Å². The van der Waals surface area contributed by atoms with Crippen molar-refractivity contribution in [3.8, 4) is 0 Å². The number of nitrogens with zero attached hydrogens (tertiary/aromatic N) is 3. The molecule has 3 heterocycles. The fourth-order valence-corrected chi connectivity index (χ4v) is 4.91. The summed E-state index contributed by atoms with van der Waals surface area (Å²) < 4.78 is 5.29. The first-order valence-electron chi connectivity index (χ1n) is 10.1. The molecule has 1 amide bonds. The number of hydrogen-bond acceptors (Lipinski definition) is 6. The minimum atomic E-state index is -0.703. The quantitative estimate of drug-likeness (QED) is 0.744. The van der Waals surface area contributed by atoms with E-state index in [4.69, 9.17) is 9.57 Å². The van der Waals surface area contributed by atoms with Crippen LogP contribution in [0.25, 0.3) is 0 Å². The van der Waals surface area contributed by atoms with Crippen molar-refractivity contribution in [2.45, 2.75) is 44.9 Å².